The molecule has 0 atom stereocenters. The lowest BCUT2D eigenvalue weighted by Gasteiger charge is -2.28. The van der Waals surface area contributed by atoms with Crippen LogP contribution in [0.5, 0.6) is 0 Å². The number of anilines is 1. The highest BCUT2D eigenvalue weighted by atomic mass is 16.5. The zero-order chi connectivity index (χ0) is 53.1. The molecule has 0 bridgehead atoms. The lowest BCUT2D eigenvalue weighted by atomic mass is 9.99. The quantitative estimate of drug-likeness (QED) is 0.0362. The Morgan fingerprint density at radius 2 is 0.712 bits per heavy atom. The molecule has 73 heavy (non-hydrogen) atoms. The van der Waals surface area contributed by atoms with Gasteiger partial charge < -0.3 is 19.3 Å². The minimum absolute atomic E-state index is 0.0209. The summed E-state index contributed by atoms with van der Waals surface area (Å²) in [6, 6.07) is 0. The number of rotatable bonds is 58. The Labute approximate surface area is 452 Å². The summed E-state index contributed by atoms with van der Waals surface area (Å²) in [4.78, 5) is 57.0. The van der Waals surface area contributed by atoms with Crippen LogP contribution in [0.3, 0.4) is 0 Å². The SMILES string of the molecule is CCCCCCCCCOC(=O)CCCCCCCN(CCCCCCCC(=O)OC(CCCCCCCC)CCCCCCCC)c1c(CCCN(CCCCCCCC)CCCCCCCC)c(=O)c1=O. The van der Waals surface area contributed by atoms with E-state index in [0.29, 0.717) is 31.6 Å². The van der Waals surface area contributed by atoms with Crippen molar-refractivity contribution >= 4 is 17.6 Å². The normalized spacial score (nSPS) is 11.7. The Bertz CT molecular complexity index is 1410. The minimum atomic E-state index is -0.286. The van der Waals surface area contributed by atoms with Gasteiger partial charge in [0.1, 0.15) is 6.10 Å². The van der Waals surface area contributed by atoms with Crippen LogP contribution >= 0.6 is 0 Å². The minimum Gasteiger partial charge on any atom is -0.466 e. The molecule has 0 fully saturated rings. The second-order valence-corrected chi connectivity index (χ2v) is 22.6. The van der Waals surface area contributed by atoms with Gasteiger partial charge in [0.15, 0.2) is 0 Å². The van der Waals surface area contributed by atoms with E-state index in [2.05, 4.69) is 44.4 Å². The summed E-state index contributed by atoms with van der Waals surface area (Å²) in [6.45, 7) is 16.7. The highest BCUT2D eigenvalue weighted by Gasteiger charge is 2.25. The number of hydrogen-bond acceptors (Lipinski definition) is 8. The molecule has 0 saturated heterocycles. The van der Waals surface area contributed by atoms with Crippen LogP contribution in [-0.4, -0.2) is 62.3 Å². The van der Waals surface area contributed by atoms with E-state index in [9.17, 15) is 19.2 Å². The summed E-state index contributed by atoms with van der Waals surface area (Å²) < 4.78 is 11.6. The number of esters is 2. The molecule has 0 aromatic heterocycles. The second-order valence-electron chi connectivity index (χ2n) is 22.6. The van der Waals surface area contributed by atoms with Gasteiger partial charge in [-0.05, 0) is 103 Å². The van der Waals surface area contributed by atoms with E-state index in [0.717, 1.165) is 147 Å². The number of nitrogens with zero attached hydrogens (tertiary/aromatic N) is 2. The van der Waals surface area contributed by atoms with Crippen LogP contribution in [0.2, 0.25) is 0 Å². The molecule has 8 heteroatoms. The van der Waals surface area contributed by atoms with Gasteiger partial charge in [0.25, 0.3) is 0 Å². The van der Waals surface area contributed by atoms with Crippen LogP contribution in [0.15, 0.2) is 9.59 Å². The van der Waals surface area contributed by atoms with E-state index in [-0.39, 0.29) is 28.9 Å². The third-order valence-electron chi connectivity index (χ3n) is 15.5. The molecule has 0 aliphatic heterocycles. The maximum atomic E-state index is 13.4. The maximum Gasteiger partial charge on any atom is 0.306 e. The van der Waals surface area contributed by atoms with E-state index < -0.39 is 0 Å². The molecule has 0 aliphatic rings. The van der Waals surface area contributed by atoms with E-state index in [1.54, 1.807) is 0 Å². The fourth-order valence-electron chi connectivity index (χ4n) is 10.7. The number of carbonyl (C=O) groups excluding carboxylic acids is 2. The fraction of sp³-hybridized carbons (Fsp3) is 0.908. The Morgan fingerprint density at radius 1 is 0.370 bits per heavy atom. The summed E-state index contributed by atoms with van der Waals surface area (Å²) in [5.41, 5.74) is 0.923. The molecule has 0 spiro atoms. The van der Waals surface area contributed by atoms with E-state index in [1.807, 2.05) is 0 Å². The van der Waals surface area contributed by atoms with Crippen LogP contribution in [0.4, 0.5) is 5.69 Å². The molecular formula is C65H122N2O6. The van der Waals surface area contributed by atoms with Crippen LogP contribution < -0.4 is 15.8 Å². The first kappa shape index (κ1) is 68.8. The van der Waals surface area contributed by atoms with Gasteiger partial charge in [-0.3, -0.25) is 19.2 Å². The monoisotopic (exact) mass is 1030 g/mol. The average Bonchev–Trinajstić information content (AvgIpc) is 3.39. The highest BCUT2D eigenvalue weighted by Crippen LogP contribution is 2.22. The van der Waals surface area contributed by atoms with Gasteiger partial charge in [-0.25, -0.2) is 0 Å². The molecule has 0 amide bonds. The van der Waals surface area contributed by atoms with Crippen molar-refractivity contribution in [3.63, 3.8) is 0 Å². The molecule has 1 rings (SSSR count). The van der Waals surface area contributed by atoms with Crippen molar-refractivity contribution in [3.05, 3.63) is 26.0 Å². The average molecular weight is 1030 g/mol. The Hall–Kier alpha value is -2.22. The summed E-state index contributed by atoms with van der Waals surface area (Å²) in [6.07, 6.45) is 53.7. The van der Waals surface area contributed by atoms with Crippen LogP contribution in [0.25, 0.3) is 0 Å². The smallest absolute Gasteiger partial charge is 0.306 e. The van der Waals surface area contributed by atoms with Crippen molar-refractivity contribution in [1.82, 2.24) is 4.90 Å². The Morgan fingerprint density at radius 3 is 1.15 bits per heavy atom. The van der Waals surface area contributed by atoms with Gasteiger partial charge in [-0.15, -0.1) is 0 Å². The first-order valence-electron chi connectivity index (χ1n) is 32.5. The van der Waals surface area contributed by atoms with Gasteiger partial charge in [0.05, 0.1) is 12.3 Å². The Kier molecular flexibility index (Phi) is 48.9. The van der Waals surface area contributed by atoms with Crippen LogP contribution in [0, 0.1) is 0 Å². The fourth-order valence-corrected chi connectivity index (χ4v) is 10.7. The molecular weight excluding hydrogens is 905 g/mol. The van der Waals surface area contributed by atoms with Crippen molar-refractivity contribution in [1.29, 1.82) is 0 Å². The number of ether oxygens (including phenoxy) is 2. The summed E-state index contributed by atoms with van der Waals surface area (Å²) >= 11 is 0. The third-order valence-corrected chi connectivity index (χ3v) is 15.5. The van der Waals surface area contributed by atoms with Crippen molar-refractivity contribution < 1.29 is 19.1 Å². The number of hydrogen-bond donors (Lipinski definition) is 0. The molecule has 0 aliphatic carbocycles. The topological polar surface area (TPSA) is 93.2 Å². The predicted octanol–water partition coefficient (Wildman–Crippen LogP) is 18.4. The number of unbranched alkanes of at least 4 members (excludes halogenated alkanes) is 34. The largest absolute Gasteiger partial charge is 0.466 e. The van der Waals surface area contributed by atoms with Gasteiger partial charge in [-0.2, -0.15) is 0 Å². The summed E-state index contributed by atoms with van der Waals surface area (Å²) in [5.74, 6) is -0.0867. The molecule has 1 aromatic carbocycles. The van der Waals surface area contributed by atoms with Crippen LogP contribution in [-0.2, 0) is 25.5 Å². The number of carbonyl (C=O) groups is 2. The lowest BCUT2D eigenvalue weighted by Crippen LogP contribution is -2.44. The van der Waals surface area contributed by atoms with Gasteiger partial charge in [0, 0.05) is 31.5 Å². The molecule has 0 heterocycles. The Balaban J connectivity index is 2.77. The lowest BCUT2D eigenvalue weighted by molar-refractivity contribution is -0.150. The highest BCUT2D eigenvalue weighted by molar-refractivity contribution is 5.69. The predicted molar refractivity (Wildman–Crippen MR) is 315 cm³/mol. The standard InChI is InChI=1S/C65H122N2O6/c1-6-11-16-21-26-37-46-58-72-61(68)51-40-31-27-35-44-56-67(57-45-36-28-32-41-52-62(69)73-59(48-38-29-22-17-12-7-2)49-39-30-23-18-13-8-3)63-60(64(70)65(63)71)50-47-55-66(53-42-33-24-19-14-9-4)54-43-34-25-20-15-10-5/h59H,6-58H2,1-5H3. The van der Waals surface area contributed by atoms with Crippen molar-refractivity contribution in [2.24, 2.45) is 0 Å². The molecule has 0 unspecified atom stereocenters. The van der Waals surface area contributed by atoms with E-state index in [1.165, 1.54) is 173 Å². The van der Waals surface area contributed by atoms with Gasteiger partial charge >= 0.3 is 11.9 Å². The molecule has 1 aromatic rings. The van der Waals surface area contributed by atoms with Crippen molar-refractivity contribution in [2.45, 2.75) is 343 Å². The molecule has 428 valence electrons. The zero-order valence-electron chi connectivity index (χ0n) is 49.4. The van der Waals surface area contributed by atoms with E-state index in [4.69, 9.17) is 9.47 Å². The molecule has 0 radical (unpaired) electrons. The molecule has 8 nitrogen and oxygen atoms in total. The molecule has 0 saturated carbocycles. The van der Waals surface area contributed by atoms with Gasteiger partial charge in [0.2, 0.25) is 10.9 Å². The summed E-state index contributed by atoms with van der Waals surface area (Å²) in [5, 5.41) is 0. The first-order chi connectivity index (χ1) is 35.8. The first-order valence-corrected chi connectivity index (χ1v) is 32.5. The summed E-state index contributed by atoms with van der Waals surface area (Å²) in [7, 11) is 0. The second kappa shape index (κ2) is 51.9. The zero-order valence-corrected chi connectivity index (χ0v) is 49.4. The van der Waals surface area contributed by atoms with Gasteiger partial charge in [-0.1, -0.05) is 240 Å². The third kappa shape index (κ3) is 39.8. The van der Waals surface area contributed by atoms with E-state index >= 15 is 0 Å². The van der Waals surface area contributed by atoms with Crippen LogP contribution in [0.1, 0.15) is 336 Å². The van der Waals surface area contributed by atoms with Crippen molar-refractivity contribution in [3.8, 4) is 0 Å². The molecule has 0 N–H and O–H groups in total. The van der Waals surface area contributed by atoms with Crippen molar-refractivity contribution in [2.75, 3.05) is 44.2 Å². The maximum absolute atomic E-state index is 13.4.